The maximum atomic E-state index is 3.46. The van der Waals surface area contributed by atoms with Gasteiger partial charge in [-0.25, -0.2) is 0 Å². The van der Waals surface area contributed by atoms with E-state index in [1.54, 1.807) is 0 Å². The van der Waals surface area contributed by atoms with Gasteiger partial charge < -0.3 is 10.3 Å². The number of rotatable bonds is 4. The zero-order valence-electron chi connectivity index (χ0n) is 12.0. The highest BCUT2D eigenvalue weighted by Gasteiger charge is 2.09. The van der Waals surface area contributed by atoms with Crippen molar-refractivity contribution in [1.29, 1.82) is 0 Å². The summed E-state index contributed by atoms with van der Waals surface area (Å²) in [7, 11) is 1.99. The highest BCUT2D eigenvalue weighted by molar-refractivity contribution is 5.96. The van der Waals surface area contributed by atoms with Crippen molar-refractivity contribution in [1.82, 2.24) is 10.3 Å². The highest BCUT2D eigenvalue weighted by Crippen LogP contribution is 2.31. The van der Waals surface area contributed by atoms with Gasteiger partial charge in [-0.3, -0.25) is 0 Å². The number of aryl methyl sites for hydroxylation is 1. The molecule has 2 nitrogen and oxygen atoms in total. The molecule has 0 aliphatic carbocycles. The fourth-order valence-electron chi connectivity index (χ4n) is 2.78. The van der Waals surface area contributed by atoms with Gasteiger partial charge in [0, 0.05) is 17.1 Å². The lowest BCUT2D eigenvalue weighted by molar-refractivity contribution is 0.795. The quantitative estimate of drug-likeness (QED) is 0.734. The van der Waals surface area contributed by atoms with Crippen LogP contribution in [0.15, 0.2) is 48.7 Å². The van der Waals surface area contributed by atoms with Crippen LogP contribution in [-0.4, -0.2) is 18.6 Å². The van der Waals surface area contributed by atoms with Crippen LogP contribution in [0.3, 0.4) is 0 Å². The van der Waals surface area contributed by atoms with Crippen LogP contribution < -0.4 is 5.32 Å². The van der Waals surface area contributed by atoms with Crippen LogP contribution in [0.2, 0.25) is 0 Å². The molecular weight excluding hydrogens is 244 g/mol. The topological polar surface area (TPSA) is 27.8 Å². The number of para-hydroxylation sites is 1. The van der Waals surface area contributed by atoms with E-state index in [9.17, 15) is 0 Å². The molecule has 0 aliphatic heterocycles. The van der Waals surface area contributed by atoms with Gasteiger partial charge in [-0.05, 0) is 43.6 Å². The Morgan fingerprint density at radius 2 is 1.80 bits per heavy atom. The molecule has 0 fully saturated rings. The Balaban J connectivity index is 2.13. The average molecular weight is 264 g/mol. The Morgan fingerprint density at radius 1 is 1.00 bits per heavy atom. The maximum absolute atomic E-state index is 3.46. The summed E-state index contributed by atoms with van der Waals surface area (Å²) >= 11 is 0. The van der Waals surface area contributed by atoms with Crippen molar-refractivity contribution in [2.45, 2.75) is 13.3 Å². The van der Waals surface area contributed by atoms with Gasteiger partial charge in [-0.15, -0.1) is 0 Å². The molecular formula is C18H20N2. The van der Waals surface area contributed by atoms with E-state index in [0.29, 0.717) is 0 Å². The number of fused-ring (bicyclic) bond motifs is 1. The predicted molar refractivity (Wildman–Crippen MR) is 86.1 cm³/mol. The lowest BCUT2D eigenvalue weighted by Gasteiger charge is -2.07. The molecule has 0 amide bonds. The second-order valence-corrected chi connectivity index (χ2v) is 5.21. The number of hydrogen-bond acceptors (Lipinski definition) is 1. The van der Waals surface area contributed by atoms with Gasteiger partial charge >= 0.3 is 0 Å². The number of H-pyrrole nitrogens is 1. The summed E-state index contributed by atoms with van der Waals surface area (Å²) in [5.74, 6) is 0. The highest BCUT2D eigenvalue weighted by atomic mass is 14.8. The predicted octanol–water partition coefficient (Wildman–Crippen LogP) is 3.91. The fraction of sp³-hybridized carbons (Fsp3) is 0.222. The molecule has 102 valence electrons. The van der Waals surface area contributed by atoms with Crippen molar-refractivity contribution in [2.24, 2.45) is 0 Å². The van der Waals surface area contributed by atoms with Crippen molar-refractivity contribution in [3.8, 4) is 11.1 Å². The van der Waals surface area contributed by atoms with Crippen LogP contribution in [0.1, 0.15) is 11.1 Å². The van der Waals surface area contributed by atoms with Crippen molar-refractivity contribution < 1.29 is 0 Å². The molecule has 0 saturated carbocycles. The van der Waals surface area contributed by atoms with Gasteiger partial charge in [0.05, 0.1) is 5.52 Å². The van der Waals surface area contributed by atoms with E-state index in [0.717, 1.165) is 13.0 Å². The average Bonchev–Trinajstić information content (AvgIpc) is 2.89. The van der Waals surface area contributed by atoms with Crippen LogP contribution in [0, 0.1) is 6.92 Å². The summed E-state index contributed by atoms with van der Waals surface area (Å²) < 4.78 is 0. The molecule has 3 rings (SSSR count). The third kappa shape index (κ3) is 2.23. The maximum Gasteiger partial charge on any atom is 0.0536 e. The summed E-state index contributed by atoms with van der Waals surface area (Å²) in [4.78, 5) is 3.46. The molecule has 1 aromatic heterocycles. The molecule has 2 N–H and O–H groups in total. The number of aromatic nitrogens is 1. The van der Waals surface area contributed by atoms with Gasteiger partial charge in [0.25, 0.3) is 0 Å². The van der Waals surface area contributed by atoms with Crippen LogP contribution in [-0.2, 0) is 6.42 Å². The molecule has 0 saturated heterocycles. The summed E-state index contributed by atoms with van der Waals surface area (Å²) in [6, 6.07) is 15.1. The van der Waals surface area contributed by atoms with Gasteiger partial charge in [-0.2, -0.15) is 0 Å². The fourth-order valence-corrected chi connectivity index (χ4v) is 2.78. The molecule has 0 radical (unpaired) electrons. The second-order valence-electron chi connectivity index (χ2n) is 5.21. The van der Waals surface area contributed by atoms with Crippen molar-refractivity contribution in [3.63, 3.8) is 0 Å². The minimum Gasteiger partial charge on any atom is -0.360 e. The molecule has 0 atom stereocenters. The third-order valence-electron chi connectivity index (χ3n) is 3.88. The molecule has 1 heterocycles. The molecule has 2 heteroatoms. The van der Waals surface area contributed by atoms with E-state index in [1.807, 2.05) is 7.05 Å². The number of aromatic amines is 1. The van der Waals surface area contributed by atoms with Crippen molar-refractivity contribution in [2.75, 3.05) is 13.6 Å². The molecule has 0 unspecified atom stereocenters. The largest absolute Gasteiger partial charge is 0.360 e. The monoisotopic (exact) mass is 264 g/mol. The molecule has 0 spiro atoms. The van der Waals surface area contributed by atoms with Gasteiger partial charge in [0.15, 0.2) is 0 Å². The van der Waals surface area contributed by atoms with Gasteiger partial charge in [0.2, 0.25) is 0 Å². The van der Waals surface area contributed by atoms with E-state index in [1.165, 1.54) is 33.2 Å². The summed E-state index contributed by atoms with van der Waals surface area (Å²) in [5.41, 5.74) is 6.53. The Hall–Kier alpha value is -2.06. The first-order valence-corrected chi connectivity index (χ1v) is 7.11. The second kappa shape index (κ2) is 5.51. The normalized spacial score (nSPS) is 11.1. The van der Waals surface area contributed by atoms with Crippen LogP contribution in [0.25, 0.3) is 22.0 Å². The Kier molecular flexibility index (Phi) is 3.57. The number of hydrogen-bond donors (Lipinski definition) is 2. The van der Waals surface area contributed by atoms with E-state index >= 15 is 0 Å². The zero-order valence-corrected chi connectivity index (χ0v) is 12.0. The van der Waals surface area contributed by atoms with E-state index in [4.69, 9.17) is 0 Å². The SMILES string of the molecule is CNCCc1c[nH]c2c(-c3ccccc3C)cccc12. The molecule has 2 aromatic carbocycles. The van der Waals surface area contributed by atoms with Gasteiger partial charge in [-0.1, -0.05) is 42.5 Å². The first-order chi connectivity index (χ1) is 9.81. The summed E-state index contributed by atoms with van der Waals surface area (Å²) in [5, 5.41) is 4.55. The number of likely N-dealkylation sites (N-methyl/N-ethyl adjacent to an activating group) is 1. The Morgan fingerprint density at radius 3 is 2.60 bits per heavy atom. The zero-order chi connectivity index (χ0) is 13.9. The molecule has 0 bridgehead atoms. The van der Waals surface area contributed by atoms with Crippen molar-refractivity contribution in [3.05, 3.63) is 59.8 Å². The first kappa shape index (κ1) is 12.9. The lowest BCUT2D eigenvalue weighted by Crippen LogP contribution is -2.09. The van der Waals surface area contributed by atoms with Crippen LogP contribution in [0.4, 0.5) is 0 Å². The third-order valence-corrected chi connectivity index (χ3v) is 3.88. The van der Waals surface area contributed by atoms with Crippen LogP contribution in [0.5, 0.6) is 0 Å². The van der Waals surface area contributed by atoms with Gasteiger partial charge in [0.1, 0.15) is 0 Å². The number of nitrogens with one attached hydrogen (secondary N) is 2. The molecule has 20 heavy (non-hydrogen) atoms. The van der Waals surface area contributed by atoms with E-state index < -0.39 is 0 Å². The standard InChI is InChI=1S/C18H20N2/c1-13-6-3-4-7-15(13)17-9-5-8-16-14(10-11-19-2)12-20-18(16)17/h3-9,12,19-20H,10-11H2,1-2H3. The molecule has 0 aliphatic rings. The van der Waals surface area contributed by atoms with E-state index in [2.05, 4.69) is 65.9 Å². The Bertz CT molecular complexity index is 725. The summed E-state index contributed by atoms with van der Waals surface area (Å²) in [6.45, 7) is 3.17. The smallest absolute Gasteiger partial charge is 0.0536 e. The van der Waals surface area contributed by atoms with Crippen LogP contribution >= 0.6 is 0 Å². The summed E-state index contributed by atoms with van der Waals surface area (Å²) in [6.07, 6.45) is 3.19. The molecule has 3 aromatic rings. The minimum absolute atomic E-state index is 1.00. The first-order valence-electron chi connectivity index (χ1n) is 7.11. The Labute approximate surface area is 119 Å². The van der Waals surface area contributed by atoms with Crippen molar-refractivity contribution >= 4 is 10.9 Å². The lowest BCUT2D eigenvalue weighted by atomic mass is 9.98. The minimum atomic E-state index is 1.00. The van der Waals surface area contributed by atoms with E-state index in [-0.39, 0.29) is 0 Å². The number of benzene rings is 2.